The Kier molecular flexibility index (Phi) is 5.76. The number of carbonyl (C=O) groups excluding carboxylic acids is 2. The lowest BCUT2D eigenvalue weighted by Gasteiger charge is -2.32. The van der Waals surface area contributed by atoms with E-state index in [0.29, 0.717) is 17.7 Å². The van der Waals surface area contributed by atoms with Gasteiger partial charge in [-0.2, -0.15) is 0 Å². The number of sulfonamides is 1. The predicted molar refractivity (Wildman–Crippen MR) is 114 cm³/mol. The van der Waals surface area contributed by atoms with E-state index in [0.717, 1.165) is 22.6 Å². The molecule has 1 N–H and O–H groups in total. The zero-order valence-electron chi connectivity index (χ0n) is 17.6. The number of hydrogen-bond donors (Lipinski definition) is 1. The maximum Gasteiger partial charge on any atom is 0.332 e. The monoisotopic (exact) mass is 463 g/mol. The topological polar surface area (TPSA) is 86.8 Å². The van der Waals surface area contributed by atoms with E-state index < -0.39 is 50.6 Å². The molecule has 2 saturated heterocycles. The second-order valence-corrected chi connectivity index (χ2v) is 10.0. The van der Waals surface area contributed by atoms with Gasteiger partial charge in [0.25, 0.3) is 5.91 Å². The standard InChI is InChI=1S/C22H23F2N3O4S/c1-13(2)14-3-6-17(7-4-14)27-21(28)19-12-16(9-10-26(19)22(27)29)25-32(30,31)20-8-5-15(23)11-18(20)24/h3-8,11,13,16,19,25H,9-10,12H2,1-2H3/t16-,19-/m0/s1. The highest BCUT2D eigenvalue weighted by Crippen LogP contribution is 2.32. The SMILES string of the molecule is CC(C)c1ccc(N2C(=O)[C@@H]3C[C@@H](NS(=O)(=O)c4ccc(F)cc4F)CCN3C2=O)cc1. The minimum Gasteiger partial charge on any atom is -0.312 e. The average Bonchev–Trinajstić information content (AvgIpc) is 2.97. The lowest BCUT2D eigenvalue weighted by molar-refractivity contribution is -0.120. The predicted octanol–water partition coefficient (Wildman–Crippen LogP) is 3.37. The summed E-state index contributed by atoms with van der Waals surface area (Å²) in [4.78, 5) is 27.8. The van der Waals surface area contributed by atoms with Crippen molar-refractivity contribution in [2.45, 2.75) is 49.6 Å². The molecule has 2 aliphatic heterocycles. The van der Waals surface area contributed by atoms with Crippen LogP contribution in [0.3, 0.4) is 0 Å². The Morgan fingerprint density at radius 1 is 1.06 bits per heavy atom. The first kappa shape index (κ1) is 22.3. The molecule has 0 radical (unpaired) electrons. The molecular weight excluding hydrogens is 440 g/mol. The quantitative estimate of drug-likeness (QED) is 0.689. The number of carbonyl (C=O) groups is 2. The third-order valence-electron chi connectivity index (χ3n) is 5.87. The summed E-state index contributed by atoms with van der Waals surface area (Å²) in [6.45, 7) is 4.26. The molecule has 0 aliphatic carbocycles. The molecule has 32 heavy (non-hydrogen) atoms. The van der Waals surface area contributed by atoms with Crippen molar-refractivity contribution in [3.05, 3.63) is 59.7 Å². The number of fused-ring (bicyclic) bond motifs is 1. The van der Waals surface area contributed by atoms with Crippen molar-refractivity contribution in [2.24, 2.45) is 0 Å². The van der Waals surface area contributed by atoms with Crippen LogP contribution >= 0.6 is 0 Å². The Balaban J connectivity index is 1.51. The normalized spacial score (nSPS) is 21.4. The van der Waals surface area contributed by atoms with E-state index in [4.69, 9.17) is 0 Å². The van der Waals surface area contributed by atoms with Crippen LogP contribution in [0.5, 0.6) is 0 Å². The van der Waals surface area contributed by atoms with Gasteiger partial charge in [0.05, 0.1) is 5.69 Å². The molecule has 170 valence electrons. The summed E-state index contributed by atoms with van der Waals surface area (Å²) < 4.78 is 54.7. The first-order valence-corrected chi connectivity index (χ1v) is 11.8. The number of amides is 3. The van der Waals surface area contributed by atoms with E-state index in [1.807, 2.05) is 26.0 Å². The second-order valence-electron chi connectivity index (χ2n) is 8.33. The van der Waals surface area contributed by atoms with Crippen molar-refractivity contribution < 1.29 is 26.8 Å². The smallest absolute Gasteiger partial charge is 0.312 e. The van der Waals surface area contributed by atoms with Gasteiger partial charge < -0.3 is 4.90 Å². The molecule has 7 nitrogen and oxygen atoms in total. The number of hydrogen-bond acceptors (Lipinski definition) is 4. The molecule has 10 heteroatoms. The molecule has 4 rings (SSSR count). The van der Waals surface area contributed by atoms with Crippen molar-refractivity contribution >= 4 is 27.6 Å². The third-order valence-corrected chi connectivity index (χ3v) is 7.42. The van der Waals surface area contributed by atoms with Gasteiger partial charge in [0.2, 0.25) is 10.0 Å². The molecule has 3 amide bonds. The number of nitrogens with zero attached hydrogens (tertiary/aromatic N) is 2. The Hall–Kier alpha value is -2.85. The van der Waals surface area contributed by atoms with Gasteiger partial charge in [-0.15, -0.1) is 0 Å². The summed E-state index contributed by atoms with van der Waals surface area (Å²) in [5.74, 6) is -2.20. The third kappa shape index (κ3) is 4.00. The van der Waals surface area contributed by atoms with Crippen LogP contribution in [0.1, 0.15) is 38.2 Å². The summed E-state index contributed by atoms with van der Waals surface area (Å²) in [7, 11) is -4.27. The fourth-order valence-corrected chi connectivity index (χ4v) is 5.47. The molecular formula is C22H23F2N3O4S. The summed E-state index contributed by atoms with van der Waals surface area (Å²) >= 11 is 0. The molecule has 2 aromatic rings. The molecule has 0 bridgehead atoms. The molecule has 0 saturated carbocycles. The molecule has 2 fully saturated rings. The number of urea groups is 1. The Labute approximate surface area is 185 Å². The number of imide groups is 1. The fraction of sp³-hybridized carbons (Fsp3) is 0.364. The van der Waals surface area contributed by atoms with Crippen LogP contribution in [0.15, 0.2) is 47.4 Å². The molecule has 0 spiro atoms. The van der Waals surface area contributed by atoms with Gasteiger partial charge in [0.1, 0.15) is 22.6 Å². The van der Waals surface area contributed by atoms with E-state index in [2.05, 4.69) is 4.72 Å². The van der Waals surface area contributed by atoms with Gasteiger partial charge in [-0.05, 0) is 48.6 Å². The number of benzene rings is 2. The molecule has 0 aromatic heterocycles. The maximum absolute atomic E-state index is 14.0. The summed E-state index contributed by atoms with van der Waals surface area (Å²) in [5.41, 5.74) is 1.54. The number of piperidine rings is 1. The maximum atomic E-state index is 14.0. The summed E-state index contributed by atoms with van der Waals surface area (Å²) in [6, 6.07) is 7.47. The Morgan fingerprint density at radius 2 is 1.75 bits per heavy atom. The van der Waals surface area contributed by atoms with Gasteiger partial charge in [-0.1, -0.05) is 26.0 Å². The van der Waals surface area contributed by atoms with Crippen molar-refractivity contribution in [3.8, 4) is 0 Å². The fourth-order valence-electron chi connectivity index (χ4n) is 4.13. The van der Waals surface area contributed by atoms with Crippen molar-refractivity contribution in [2.75, 3.05) is 11.4 Å². The Morgan fingerprint density at radius 3 is 2.38 bits per heavy atom. The first-order valence-electron chi connectivity index (χ1n) is 10.3. The minimum absolute atomic E-state index is 0.0627. The van der Waals surface area contributed by atoms with Gasteiger partial charge in [-0.25, -0.2) is 31.6 Å². The largest absolute Gasteiger partial charge is 0.332 e. The van der Waals surface area contributed by atoms with Crippen molar-refractivity contribution in [3.63, 3.8) is 0 Å². The van der Waals surface area contributed by atoms with Crippen molar-refractivity contribution in [1.82, 2.24) is 9.62 Å². The van der Waals surface area contributed by atoms with Crippen molar-refractivity contribution in [1.29, 1.82) is 0 Å². The molecule has 2 aromatic carbocycles. The van der Waals surface area contributed by atoms with Crippen LogP contribution in [0.25, 0.3) is 0 Å². The van der Waals surface area contributed by atoms with Crippen LogP contribution in [-0.4, -0.2) is 43.9 Å². The van der Waals surface area contributed by atoms with Crippen LogP contribution in [0, 0.1) is 11.6 Å². The number of halogens is 2. The number of anilines is 1. The highest BCUT2D eigenvalue weighted by Gasteiger charge is 2.49. The zero-order chi connectivity index (χ0) is 23.2. The second kappa shape index (κ2) is 8.25. The molecule has 2 aliphatic rings. The van der Waals surface area contributed by atoms with E-state index in [-0.39, 0.29) is 19.4 Å². The van der Waals surface area contributed by atoms with Gasteiger partial charge in [-0.3, -0.25) is 4.79 Å². The first-order chi connectivity index (χ1) is 15.1. The average molecular weight is 464 g/mol. The lowest BCUT2D eigenvalue weighted by atomic mass is 9.99. The van der Waals surface area contributed by atoms with Crippen LogP contribution < -0.4 is 9.62 Å². The van der Waals surface area contributed by atoms with Gasteiger partial charge >= 0.3 is 6.03 Å². The number of nitrogens with one attached hydrogen (secondary N) is 1. The Bertz CT molecular complexity index is 1170. The van der Waals surface area contributed by atoms with Crippen LogP contribution in [0.4, 0.5) is 19.3 Å². The minimum atomic E-state index is -4.27. The molecule has 0 unspecified atom stereocenters. The highest BCUT2D eigenvalue weighted by atomic mass is 32.2. The van der Waals surface area contributed by atoms with Crippen LogP contribution in [-0.2, 0) is 14.8 Å². The lowest BCUT2D eigenvalue weighted by Crippen LogP contribution is -2.49. The van der Waals surface area contributed by atoms with E-state index in [1.54, 1.807) is 12.1 Å². The molecule has 2 heterocycles. The zero-order valence-corrected chi connectivity index (χ0v) is 18.4. The summed E-state index contributed by atoms with van der Waals surface area (Å²) in [5, 5.41) is 0. The summed E-state index contributed by atoms with van der Waals surface area (Å²) in [6.07, 6.45) is 0.324. The van der Waals surface area contributed by atoms with Gasteiger partial charge in [0.15, 0.2) is 0 Å². The van der Waals surface area contributed by atoms with E-state index >= 15 is 0 Å². The van der Waals surface area contributed by atoms with Gasteiger partial charge in [0, 0.05) is 18.7 Å². The van der Waals surface area contributed by atoms with E-state index in [1.165, 1.54) is 4.90 Å². The molecule has 2 atom stereocenters. The van der Waals surface area contributed by atoms with E-state index in [9.17, 15) is 26.8 Å². The number of rotatable bonds is 5. The van der Waals surface area contributed by atoms with Crippen LogP contribution in [0.2, 0.25) is 0 Å². The highest BCUT2D eigenvalue weighted by molar-refractivity contribution is 7.89.